The number of carbonyl (C=O) groups is 1. The Kier molecular flexibility index (Phi) is 7.28. The van der Waals surface area contributed by atoms with E-state index in [2.05, 4.69) is 4.72 Å². The van der Waals surface area contributed by atoms with E-state index in [1.165, 1.54) is 51.5 Å². The minimum absolute atomic E-state index is 0.00490. The highest BCUT2D eigenvalue weighted by Gasteiger charge is 2.27. The average Bonchev–Trinajstić information content (AvgIpc) is 3.43. The van der Waals surface area contributed by atoms with Crippen LogP contribution in [0.2, 0.25) is 0 Å². The van der Waals surface area contributed by atoms with Crippen LogP contribution in [0.3, 0.4) is 0 Å². The number of esters is 1. The molecular weight excluding hydrogens is 460 g/mol. The molecule has 1 saturated carbocycles. The number of nitrogens with zero attached hydrogens (tertiary/aromatic N) is 1. The zero-order valence-electron chi connectivity index (χ0n) is 18.0. The number of rotatable bonds is 9. The molecule has 0 bridgehead atoms. The van der Waals surface area contributed by atoms with Gasteiger partial charge in [0, 0.05) is 20.1 Å². The normalized spacial score (nSPS) is 15.2. The molecule has 1 aromatic heterocycles. The lowest BCUT2D eigenvalue weighted by Crippen LogP contribution is -2.33. The van der Waals surface area contributed by atoms with Crippen molar-refractivity contribution < 1.29 is 35.5 Å². The summed E-state index contributed by atoms with van der Waals surface area (Å²) in [5, 5.41) is -0.274. The van der Waals surface area contributed by atoms with Gasteiger partial charge in [0.1, 0.15) is 23.0 Å². The molecule has 0 spiro atoms. The van der Waals surface area contributed by atoms with Crippen LogP contribution in [0.4, 0.5) is 0 Å². The van der Waals surface area contributed by atoms with Crippen LogP contribution < -0.4 is 9.46 Å². The summed E-state index contributed by atoms with van der Waals surface area (Å²) in [4.78, 5) is 12.4. The number of hydrogen-bond donors (Lipinski definition) is 1. The second kappa shape index (κ2) is 9.61. The molecule has 0 unspecified atom stereocenters. The number of ether oxygens (including phenoxy) is 2. The van der Waals surface area contributed by atoms with Gasteiger partial charge in [-0.15, -0.1) is 0 Å². The second-order valence-corrected chi connectivity index (χ2v) is 11.3. The van der Waals surface area contributed by atoms with Gasteiger partial charge < -0.3 is 13.9 Å². The van der Waals surface area contributed by atoms with Gasteiger partial charge >= 0.3 is 5.97 Å². The highest BCUT2D eigenvalue weighted by Crippen LogP contribution is 2.28. The van der Waals surface area contributed by atoms with Crippen molar-refractivity contribution in [2.45, 2.75) is 48.3 Å². The smallest absolute Gasteiger partial charge is 0.338 e. The van der Waals surface area contributed by atoms with Gasteiger partial charge in [-0.3, -0.25) is 0 Å². The number of hydrogen-bond acceptors (Lipinski definition) is 8. The largest absolute Gasteiger partial charge is 0.495 e. The van der Waals surface area contributed by atoms with Crippen molar-refractivity contribution in [2.24, 2.45) is 0 Å². The lowest BCUT2D eigenvalue weighted by molar-refractivity contribution is 0.0440. The molecule has 0 radical (unpaired) electrons. The molecule has 1 aromatic carbocycles. The first-order chi connectivity index (χ1) is 15.0. The van der Waals surface area contributed by atoms with Crippen LogP contribution in [0, 0.1) is 0 Å². The van der Waals surface area contributed by atoms with Crippen LogP contribution >= 0.6 is 0 Å². The van der Waals surface area contributed by atoms with Crippen molar-refractivity contribution in [1.82, 2.24) is 9.03 Å². The number of nitrogens with one attached hydrogen (secondary N) is 1. The van der Waals surface area contributed by atoms with Crippen molar-refractivity contribution in [3.63, 3.8) is 0 Å². The van der Waals surface area contributed by atoms with Crippen molar-refractivity contribution in [2.75, 3.05) is 21.2 Å². The second-order valence-electron chi connectivity index (χ2n) is 7.55. The highest BCUT2D eigenvalue weighted by atomic mass is 32.2. The predicted octanol–water partition coefficient (Wildman–Crippen LogP) is 2.12. The molecule has 0 saturated heterocycles. The maximum absolute atomic E-state index is 12.9. The van der Waals surface area contributed by atoms with Crippen LogP contribution in [0.25, 0.3) is 0 Å². The fourth-order valence-corrected chi connectivity index (χ4v) is 5.63. The van der Waals surface area contributed by atoms with Crippen molar-refractivity contribution in [3.8, 4) is 5.75 Å². The fourth-order valence-electron chi connectivity index (χ4n) is 3.31. The summed E-state index contributed by atoms with van der Waals surface area (Å²) >= 11 is 0. The van der Waals surface area contributed by atoms with Gasteiger partial charge in [-0.1, -0.05) is 12.8 Å². The van der Waals surface area contributed by atoms with Crippen molar-refractivity contribution >= 4 is 26.0 Å². The molecule has 1 N–H and O–H groups in total. The van der Waals surface area contributed by atoms with Gasteiger partial charge in [-0.2, -0.15) is 0 Å². The number of furan rings is 1. The SMILES string of the molecule is COc1ccc(C(=O)OCc2ccc(S(=O)(=O)N(C)C)o2)cc1S(=O)(=O)NC1CCCC1. The standard InChI is InChI=1S/C20H26N2O8S2/c1-22(2)32(26,27)19-11-9-16(30-19)13-29-20(23)14-8-10-17(28-3)18(12-14)31(24,25)21-15-6-4-5-7-15/h8-12,15,21H,4-7,13H2,1-3H3. The first-order valence-electron chi connectivity index (χ1n) is 9.93. The van der Waals surface area contributed by atoms with E-state index in [1.807, 2.05) is 0 Å². The van der Waals surface area contributed by atoms with Crippen LogP contribution in [-0.4, -0.2) is 54.4 Å². The van der Waals surface area contributed by atoms with E-state index in [1.54, 1.807) is 0 Å². The maximum Gasteiger partial charge on any atom is 0.338 e. The lowest BCUT2D eigenvalue weighted by atomic mass is 10.2. The molecule has 12 heteroatoms. The minimum Gasteiger partial charge on any atom is -0.495 e. The molecule has 1 fully saturated rings. The Morgan fingerprint density at radius 2 is 1.81 bits per heavy atom. The van der Waals surface area contributed by atoms with Gasteiger partial charge in [-0.05, 0) is 43.2 Å². The molecule has 0 atom stereocenters. The Balaban J connectivity index is 1.75. The monoisotopic (exact) mass is 486 g/mol. The third-order valence-corrected chi connectivity index (χ3v) is 8.31. The molecule has 32 heavy (non-hydrogen) atoms. The van der Waals surface area contributed by atoms with Gasteiger partial charge in [0.15, 0.2) is 0 Å². The Morgan fingerprint density at radius 1 is 1.12 bits per heavy atom. The summed E-state index contributed by atoms with van der Waals surface area (Å²) in [6.45, 7) is -0.323. The van der Waals surface area contributed by atoms with E-state index in [-0.39, 0.29) is 39.7 Å². The average molecular weight is 487 g/mol. The predicted molar refractivity (Wildman–Crippen MR) is 114 cm³/mol. The van der Waals surface area contributed by atoms with Gasteiger partial charge in [0.25, 0.3) is 10.0 Å². The zero-order valence-corrected chi connectivity index (χ0v) is 19.7. The van der Waals surface area contributed by atoms with E-state index in [0.29, 0.717) is 0 Å². The number of carbonyl (C=O) groups excluding carboxylic acids is 1. The molecule has 1 heterocycles. The Bertz CT molecular complexity index is 1180. The Hall–Kier alpha value is -2.41. The summed E-state index contributed by atoms with van der Waals surface area (Å²) in [5.74, 6) is -0.557. The molecule has 10 nitrogen and oxygen atoms in total. The van der Waals surface area contributed by atoms with Crippen LogP contribution in [0.1, 0.15) is 41.8 Å². The van der Waals surface area contributed by atoms with Crippen LogP contribution in [0.15, 0.2) is 44.7 Å². The summed E-state index contributed by atoms with van der Waals surface area (Å²) < 4.78 is 69.1. The topological polar surface area (TPSA) is 132 Å². The van der Waals surface area contributed by atoms with Crippen molar-refractivity contribution in [3.05, 3.63) is 41.7 Å². The molecular formula is C20H26N2O8S2. The molecule has 0 amide bonds. The first-order valence-corrected chi connectivity index (χ1v) is 12.9. The minimum atomic E-state index is -3.90. The molecule has 1 aliphatic carbocycles. The van der Waals surface area contributed by atoms with Crippen molar-refractivity contribution in [1.29, 1.82) is 0 Å². The summed E-state index contributed by atoms with van der Waals surface area (Å²) in [5.41, 5.74) is 0.00490. The number of methoxy groups -OCH3 is 1. The van der Waals surface area contributed by atoms with Crippen LogP contribution in [0.5, 0.6) is 5.75 Å². The molecule has 176 valence electrons. The zero-order chi connectivity index (χ0) is 23.5. The molecule has 2 aromatic rings. The van der Waals surface area contributed by atoms with E-state index in [4.69, 9.17) is 13.9 Å². The van der Waals surface area contributed by atoms with E-state index >= 15 is 0 Å². The number of benzene rings is 1. The maximum atomic E-state index is 12.9. The van der Waals surface area contributed by atoms with Gasteiger partial charge in [0.05, 0.1) is 12.7 Å². The third-order valence-electron chi connectivity index (χ3n) is 5.08. The molecule has 3 rings (SSSR count). The van der Waals surface area contributed by atoms with E-state index < -0.39 is 26.0 Å². The first kappa shape index (κ1) is 24.2. The highest BCUT2D eigenvalue weighted by molar-refractivity contribution is 7.89. The van der Waals surface area contributed by atoms with Gasteiger partial charge in [0.2, 0.25) is 15.1 Å². The van der Waals surface area contributed by atoms with Crippen LogP contribution in [-0.2, 0) is 31.4 Å². The third kappa shape index (κ3) is 5.31. The Labute approximate surface area is 187 Å². The summed E-state index contributed by atoms with van der Waals surface area (Å²) in [6, 6.07) is 6.48. The quantitative estimate of drug-likeness (QED) is 0.533. The van der Waals surface area contributed by atoms with Gasteiger partial charge in [-0.25, -0.2) is 30.7 Å². The van der Waals surface area contributed by atoms with E-state index in [9.17, 15) is 21.6 Å². The van der Waals surface area contributed by atoms with E-state index in [0.717, 1.165) is 30.0 Å². The fraction of sp³-hybridized carbons (Fsp3) is 0.450. The lowest BCUT2D eigenvalue weighted by Gasteiger charge is -2.15. The summed E-state index contributed by atoms with van der Waals surface area (Å²) in [7, 11) is -3.57. The molecule has 1 aliphatic rings. The summed E-state index contributed by atoms with van der Waals surface area (Å²) in [6.07, 6.45) is 3.44. The number of sulfonamides is 2. The molecule has 0 aliphatic heterocycles. The Morgan fingerprint density at radius 3 is 2.44 bits per heavy atom.